The summed E-state index contributed by atoms with van der Waals surface area (Å²) in [6.45, 7) is 4.14. The Morgan fingerprint density at radius 1 is 1.25 bits per heavy atom. The molecule has 0 aliphatic rings. The van der Waals surface area contributed by atoms with Crippen molar-refractivity contribution < 1.29 is 14.3 Å². The second-order valence-electron chi connectivity index (χ2n) is 4.88. The van der Waals surface area contributed by atoms with Crippen molar-refractivity contribution in [2.75, 3.05) is 6.61 Å². The number of carbonyl (C=O) groups is 2. The molecule has 0 saturated heterocycles. The molecule has 1 rings (SSSR count). The molecule has 0 aliphatic heterocycles. The lowest BCUT2D eigenvalue weighted by atomic mass is 10.1. The maximum absolute atomic E-state index is 11.7. The first-order chi connectivity index (χ1) is 9.49. The Hall–Kier alpha value is -1.88. The molecule has 0 radical (unpaired) electrons. The first-order valence-corrected chi connectivity index (χ1v) is 6.73. The van der Waals surface area contributed by atoms with Gasteiger partial charge in [0.05, 0.1) is 12.7 Å². The quantitative estimate of drug-likeness (QED) is 0.744. The van der Waals surface area contributed by atoms with E-state index >= 15 is 0 Å². The van der Waals surface area contributed by atoms with Crippen LogP contribution in [0.2, 0.25) is 0 Å². The normalized spacial score (nSPS) is 12.2. The zero-order valence-corrected chi connectivity index (χ0v) is 12.0. The van der Waals surface area contributed by atoms with E-state index in [2.05, 4.69) is 5.32 Å². The lowest BCUT2D eigenvalue weighted by Gasteiger charge is -2.16. The van der Waals surface area contributed by atoms with Gasteiger partial charge in [0.15, 0.2) is 0 Å². The SMILES string of the molecule is CC(C)OCCC(=O)NC(Cc1ccccc1)C(N)=O. The van der Waals surface area contributed by atoms with Crippen LogP contribution in [0.3, 0.4) is 0 Å². The Balaban J connectivity index is 2.47. The number of benzene rings is 1. The van der Waals surface area contributed by atoms with Gasteiger partial charge in [-0.2, -0.15) is 0 Å². The van der Waals surface area contributed by atoms with Gasteiger partial charge in [-0.3, -0.25) is 9.59 Å². The van der Waals surface area contributed by atoms with Crippen LogP contribution in [0.25, 0.3) is 0 Å². The summed E-state index contributed by atoms with van der Waals surface area (Å²) in [6.07, 6.45) is 0.697. The maximum Gasteiger partial charge on any atom is 0.240 e. The molecule has 0 aromatic heterocycles. The van der Waals surface area contributed by atoms with Crippen LogP contribution < -0.4 is 11.1 Å². The third kappa shape index (κ3) is 6.33. The second-order valence-corrected chi connectivity index (χ2v) is 4.88. The molecule has 5 heteroatoms. The molecule has 0 fully saturated rings. The molecule has 0 bridgehead atoms. The summed E-state index contributed by atoms with van der Waals surface area (Å²) in [7, 11) is 0. The Kier molecular flexibility index (Phi) is 6.73. The van der Waals surface area contributed by atoms with Crippen LogP contribution in [0, 0.1) is 0 Å². The Morgan fingerprint density at radius 2 is 1.90 bits per heavy atom. The first kappa shape index (κ1) is 16.2. The summed E-state index contributed by atoms with van der Waals surface area (Å²) >= 11 is 0. The number of rotatable bonds is 8. The van der Waals surface area contributed by atoms with E-state index in [1.54, 1.807) is 0 Å². The number of primary amides is 1. The molecule has 0 aliphatic carbocycles. The fraction of sp³-hybridized carbons (Fsp3) is 0.467. The van der Waals surface area contributed by atoms with Crippen molar-refractivity contribution in [1.29, 1.82) is 0 Å². The monoisotopic (exact) mass is 278 g/mol. The summed E-state index contributed by atoms with van der Waals surface area (Å²) in [6, 6.07) is 8.75. The first-order valence-electron chi connectivity index (χ1n) is 6.73. The van der Waals surface area contributed by atoms with Crippen LogP contribution in [0.1, 0.15) is 25.8 Å². The molecular weight excluding hydrogens is 256 g/mol. The molecule has 20 heavy (non-hydrogen) atoms. The van der Waals surface area contributed by atoms with Gasteiger partial charge >= 0.3 is 0 Å². The number of nitrogens with one attached hydrogen (secondary N) is 1. The number of hydrogen-bond donors (Lipinski definition) is 2. The average Bonchev–Trinajstić information content (AvgIpc) is 2.38. The summed E-state index contributed by atoms with van der Waals surface area (Å²) in [5.41, 5.74) is 6.28. The van der Waals surface area contributed by atoms with E-state index in [-0.39, 0.29) is 18.4 Å². The third-order valence-corrected chi connectivity index (χ3v) is 2.74. The van der Waals surface area contributed by atoms with Gasteiger partial charge < -0.3 is 15.8 Å². The van der Waals surface area contributed by atoms with E-state index in [9.17, 15) is 9.59 Å². The zero-order valence-electron chi connectivity index (χ0n) is 12.0. The number of nitrogens with two attached hydrogens (primary N) is 1. The van der Waals surface area contributed by atoms with Crippen LogP contribution >= 0.6 is 0 Å². The second kappa shape index (κ2) is 8.32. The molecule has 0 spiro atoms. The fourth-order valence-electron chi connectivity index (χ4n) is 1.73. The predicted molar refractivity (Wildman–Crippen MR) is 77.0 cm³/mol. The van der Waals surface area contributed by atoms with Crippen LogP contribution in [0.15, 0.2) is 30.3 Å². The summed E-state index contributed by atoms with van der Waals surface area (Å²) < 4.78 is 5.30. The van der Waals surface area contributed by atoms with Gasteiger partial charge in [0.1, 0.15) is 6.04 Å². The molecule has 1 unspecified atom stereocenters. The molecule has 2 amide bonds. The largest absolute Gasteiger partial charge is 0.378 e. The van der Waals surface area contributed by atoms with E-state index in [0.29, 0.717) is 13.0 Å². The van der Waals surface area contributed by atoms with E-state index in [0.717, 1.165) is 5.56 Å². The number of ether oxygens (including phenoxy) is 1. The van der Waals surface area contributed by atoms with Crippen LogP contribution in [0.4, 0.5) is 0 Å². The Bertz CT molecular complexity index is 432. The van der Waals surface area contributed by atoms with Crippen molar-refractivity contribution >= 4 is 11.8 Å². The van der Waals surface area contributed by atoms with E-state index in [4.69, 9.17) is 10.5 Å². The molecule has 5 nitrogen and oxygen atoms in total. The summed E-state index contributed by atoms with van der Waals surface area (Å²) in [5.74, 6) is -0.766. The van der Waals surface area contributed by atoms with Gasteiger partial charge in [-0.15, -0.1) is 0 Å². The summed E-state index contributed by atoms with van der Waals surface area (Å²) in [5, 5.41) is 2.65. The molecule has 3 N–H and O–H groups in total. The van der Waals surface area contributed by atoms with Crippen LogP contribution in [-0.4, -0.2) is 30.6 Å². The van der Waals surface area contributed by atoms with Gasteiger partial charge in [0.25, 0.3) is 0 Å². The molecule has 110 valence electrons. The number of amides is 2. The van der Waals surface area contributed by atoms with Gasteiger partial charge in [0.2, 0.25) is 11.8 Å². The van der Waals surface area contributed by atoms with E-state index < -0.39 is 11.9 Å². The highest BCUT2D eigenvalue weighted by molar-refractivity contribution is 5.86. The fourth-order valence-corrected chi connectivity index (χ4v) is 1.73. The minimum Gasteiger partial charge on any atom is -0.378 e. The third-order valence-electron chi connectivity index (χ3n) is 2.74. The van der Waals surface area contributed by atoms with Gasteiger partial charge in [0, 0.05) is 12.8 Å². The van der Waals surface area contributed by atoms with Crippen molar-refractivity contribution in [2.45, 2.75) is 38.8 Å². The summed E-state index contributed by atoms with van der Waals surface area (Å²) in [4.78, 5) is 23.1. The highest BCUT2D eigenvalue weighted by Gasteiger charge is 2.18. The highest BCUT2D eigenvalue weighted by atomic mass is 16.5. The van der Waals surface area contributed by atoms with Gasteiger partial charge in [-0.05, 0) is 19.4 Å². The van der Waals surface area contributed by atoms with Crippen molar-refractivity contribution in [3.8, 4) is 0 Å². The lowest BCUT2D eigenvalue weighted by Crippen LogP contribution is -2.46. The minimum absolute atomic E-state index is 0.0825. The topological polar surface area (TPSA) is 81.4 Å². The van der Waals surface area contributed by atoms with Crippen molar-refractivity contribution in [3.05, 3.63) is 35.9 Å². The average molecular weight is 278 g/mol. The minimum atomic E-state index is -0.691. The maximum atomic E-state index is 11.7. The molecule has 1 aromatic carbocycles. The zero-order chi connectivity index (χ0) is 15.0. The van der Waals surface area contributed by atoms with Gasteiger partial charge in [-0.25, -0.2) is 0 Å². The Morgan fingerprint density at radius 3 is 2.45 bits per heavy atom. The Labute approximate surface area is 119 Å². The van der Waals surface area contributed by atoms with Gasteiger partial charge in [-0.1, -0.05) is 30.3 Å². The standard InChI is InChI=1S/C15H22N2O3/c1-11(2)20-9-8-14(18)17-13(15(16)19)10-12-6-4-3-5-7-12/h3-7,11,13H,8-10H2,1-2H3,(H2,16,19)(H,17,18). The smallest absolute Gasteiger partial charge is 0.240 e. The molecule has 1 aromatic rings. The van der Waals surface area contributed by atoms with Crippen molar-refractivity contribution in [3.63, 3.8) is 0 Å². The highest BCUT2D eigenvalue weighted by Crippen LogP contribution is 2.03. The number of carbonyl (C=O) groups excluding carboxylic acids is 2. The van der Waals surface area contributed by atoms with E-state index in [1.165, 1.54) is 0 Å². The van der Waals surface area contributed by atoms with Crippen LogP contribution in [0.5, 0.6) is 0 Å². The molecule has 1 atom stereocenters. The lowest BCUT2D eigenvalue weighted by molar-refractivity contribution is -0.128. The molecule has 0 heterocycles. The van der Waals surface area contributed by atoms with Crippen LogP contribution in [-0.2, 0) is 20.7 Å². The van der Waals surface area contributed by atoms with Crippen molar-refractivity contribution in [2.24, 2.45) is 5.73 Å². The molecular formula is C15H22N2O3. The predicted octanol–water partition coefficient (Wildman–Crippen LogP) is 1.01. The molecule has 0 saturated carbocycles. The number of hydrogen-bond acceptors (Lipinski definition) is 3. The van der Waals surface area contributed by atoms with Crippen molar-refractivity contribution in [1.82, 2.24) is 5.32 Å². The van der Waals surface area contributed by atoms with E-state index in [1.807, 2.05) is 44.2 Å².